The molecule has 0 radical (unpaired) electrons. The van der Waals surface area contributed by atoms with Gasteiger partial charge in [-0.3, -0.25) is 0 Å². The molecule has 61 heavy (non-hydrogen) atoms. The SMILES string of the molecule is Cc1cc2c3c(c1)N(c1ccc(-c4cccc5sc6ccccc6c45)cc1)c1ccc(C(C)(C)C)cc1B3c1cc(C(C)(C)C)ccc1N2c1ccc(-c2ccccc2)cc1. The fourth-order valence-electron chi connectivity index (χ4n) is 9.87. The van der Waals surface area contributed by atoms with Gasteiger partial charge in [0.25, 0.3) is 6.71 Å². The Morgan fingerprint density at radius 1 is 0.443 bits per heavy atom. The first-order valence-electron chi connectivity index (χ1n) is 21.6. The van der Waals surface area contributed by atoms with Gasteiger partial charge in [-0.05, 0) is 134 Å². The highest BCUT2D eigenvalue weighted by molar-refractivity contribution is 7.26. The van der Waals surface area contributed by atoms with Crippen LogP contribution in [-0.2, 0) is 10.8 Å². The van der Waals surface area contributed by atoms with Crippen LogP contribution in [0.2, 0.25) is 0 Å². The van der Waals surface area contributed by atoms with Crippen LogP contribution in [0.1, 0.15) is 58.2 Å². The minimum Gasteiger partial charge on any atom is -0.311 e. The minimum atomic E-state index is -0.0119. The number of hydrogen-bond donors (Lipinski definition) is 0. The topological polar surface area (TPSA) is 6.48 Å². The normalized spacial score (nSPS) is 13.4. The van der Waals surface area contributed by atoms with E-state index in [-0.39, 0.29) is 17.5 Å². The molecular formula is C57H49BN2S. The van der Waals surface area contributed by atoms with Gasteiger partial charge >= 0.3 is 0 Å². The van der Waals surface area contributed by atoms with Crippen molar-refractivity contribution in [2.75, 3.05) is 9.80 Å². The molecule has 3 heterocycles. The first-order chi connectivity index (χ1) is 29.4. The molecule has 0 saturated heterocycles. The van der Waals surface area contributed by atoms with E-state index in [2.05, 4.69) is 228 Å². The molecule has 0 aliphatic carbocycles. The maximum absolute atomic E-state index is 2.55. The predicted molar refractivity (Wildman–Crippen MR) is 266 cm³/mol. The molecule has 0 fully saturated rings. The van der Waals surface area contributed by atoms with Crippen LogP contribution in [0, 0.1) is 6.92 Å². The van der Waals surface area contributed by atoms with Gasteiger partial charge in [-0.25, -0.2) is 0 Å². The molecule has 2 nitrogen and oxygen atoms in total. The van der Waals surface area contributed by atoms with Gasteiger partial charge in [0.05, 0.1) is 0 Å². The Balaban J connectivity index is 1.14. The number of nitrogens with zero attached hydrogens (tertiary/aromatic N) is 2. The molecule has 0 unspecified atom stereocenters. The molecule has 0 spiro atoms. The van der Waals surface area contributed by atoms with E-state index in [9.17, 15) is 0 Å². The average Bonchev–Trinajstić information content (AvgIpc) is 3.65. The Morgan fingerprint density at radius 2 is 0.951 bits per heavy atom. The Morgan fingerprint density at radius 3 is 1.52 bits per heavy atom. The van der Waals surface area contributed by atoms with E-state index in [1.165, 1.54) is 98.3 Å². The van der Waals surface area contributed by atoms with Crippen LogP contribution in [0.4, 0.5) is 34.1 Å². The first kappa shape index (κ1) is 37.6. The van der Waals surface area contributed by atoms with Gasteiger partial charge < -0.3 is 9.80 Å². The lowest BCUT2D eigenvalue weighted by molar-refractivity contribution is 0.590. The maximum Gasteiger partial charge on any atom is 0.252 e. The molecule has 0 amide bonds. The number of benzene rings is 8. The third-order valence-corrected chi connectivity index (χ3v) is 14.1. The van der Waals surface area contributed by atoms with Crippen LogP contribution in [0.25, 0.3) is 42.4 Å². The second kappa shape index (κ2) is 13.8. The molecular weight excluding hydrogens is 756 g/mol. The second-order valence-electron chi connectivity index (χ2n) is 19.1. The first-order valence-corrected chi connectivity index (χ1v) is 22.4. The highest BCUT2D eigenvalue weighted by Crippen LogP contribution is 2.47. The van der Waals surface area contributed by atoms with Crippen LogP contribution in [0.3, 0.4) is 0 Å². The molecule has 2 aliphatic heterocycles. The molecule has 8 aromatic carbocycles. The number of fused-ring (bicyclic) bond motifs is 7. The maximum atomic E-state index is 2.55. The molecule has 2 aliphatic rings. The van der Waals surface area contributed by atoms with E-state index in [1.807, 2.05) is 11.3 Å². The van der Waals surface area contributed by atoms with Crippen LogP contribution in [0.5, 0.6) is 0 Å². The fraction of sp³-hybridized carbons (Fsp3) is 0.158. The number of aryl methyl sites for hydroxylation is 1. The number of anilines is 6. The smallest absolute Gasteiger partial charge is 0.252 e. The minimum absolute atomic E-state index is 0.00818. The summed E-state index contributed by atoms with van der Waals surface area (Å²) in [6.45, 7) is 16.3. The molecule has 9 aromatic rings. The molecule has 0 bridgehead atoms. The number of rotatable bonds is 4. The van der Waals surface area contributed by atoms with Crippen LogP contribution in [0.15, 0.2) is 170 Å². The van der Waals surface area contributed by atoms with Gasteiger partial charge in [-0.15, -0.1) is 11.3 Å². The Hall–Kier alpha value is -6.36. The second-order valence-corrected chi connectivity index (χ2v) is 20.2. The highest BCUT2D eigenvalue weighted by atomic mass is 32.1. The van der Waals surface area contributed by atoms with Gasteiger partial charge in [0.1, 0.15) is 0 Å². The summed E-state index contributed by atoms with van der Waals surface area (Å²) in [5.41, 5.74) is 20.2. The Labute approximate surface area is 364 Å². The van der Waals surface area contributed by atoms with Crippen molar-refractivity contribution in [1.82, 2.24) is 0 Å². The summed E-state index contributed by atoms with van der Waals surface area (Å²) in [6, 6.07) is 64.2. The number of hydrogen-bond acceptors (Lipinski definition) is 3. The van der Waals surface area contributed by atoms with Gasteiger partial charge in [0.15, 0.2) is 0 Å². The van der Waals surface area contributed by atoms with E-state index in [4.69, 9.17) is 0 Å². The van der Waals surface area contributed by atoms with Gasteiger partial charge in [-0.1, -0.05) is 151 Å². The highest BCUT2D eigenvalue weighted by Gasteiger charge is 2.44. The summed E-state index contributed by atoms with van der Waals surface area (Å²) in [5.74, 6) is 0. The largest absolute Gasteiger partial charge is 0.311 e. The molecule has 1 aromatic heterocycles. The lowest BCUT2D eigenvalue weighted by atomic mass is 9.33. The quantitative estimate of drug-likeness (QED) is 0.164. The molecule has 0 N–H and O–H groups in total. The Kier molecular flexibility index (Phi) is 8.54. The zero-order chi connectivity index (χ0) is 41.8. The van der Waals surface area contributed by atoms with Crippen molar-refractivity contribution in [3.8, 4) is 22.3 Å². The van der Waals surface area contributed by atoms with Crippen LogP contribution < -0.4 is 26.2 Å². The third kappa shape index (κ3) is 6.14. The summed E-state index contributed by atoms with van der Waals surface area (Å²) >= 11 is 1.88. The van der Waals surface area contributed by atoms with Crippen molar-refractivity contribution >= 4 is 88.7 Å². The average molecular weight is 805 g/mol. The van der Waals surface area contributed by atoms with E-state index >= 15 is 0 Å². The zero-order valence-corrected chi connectivity index (χ0v) is 36.9. The van der Waals surface area contributed by atoms with Crippen LogP contribution >= 0.6 is 11.3 Å². The Bertz CT molecular complexity index is 3170. The molecule has 0 saturated carbocycles. The predicted octanol–water partition coefficient (Wildman–Crippen LogP) is 14.4. The fourth-order valence-corrected chi connectivity index (χ4v) is 11.0. The van der Waals surface area contributed by atoms with Crippen molar-refractivity contribution < 1.29 is 0 Å². The van der Waals surface area contributed by atoms with E-state index in [1.54, 1.807) is 0 Å². The van der Waals surface area contributed by atoms with Crippen molar-refractivity contribution in [3.05, 3.63) is 187 Å². The van der Waals surface area contributed by atoms with E-state index < -0.39 is 0 Å². The van der Waals surface area contributed by atoms with E-state index in [0.717, 1.165) is 11.4 Å². The van der Waals surface area contributed by atoms with Crippen molar-refractivity contribution in [2.24, 2.45) is 0 Å². The third-order valence-electron chi connectivity index (χ3n) is 13.0. The van der Waals surface area contributed by atoms with Crippen LogP contribution in [-0.4, -0.2) is 6.71 Å². The van der Waals surface area contributed by atoms with Crippen molar-refractivity contribution in [1.29, 1.82) is 0 Å². The molecule has 11 rings (SSSR count). The monoisotopic (exact) mass is 804 g/mol. The van der Waals surface area contributed by atoms with Gasteiger partial charge in [0.2, 0.25) is 0 Å². The summed E-state index contributed by atoms with van der Waals surface area (Å²) < 4.78 is 2.66. The summed E-state index contributed by atoms with van der Waals surface area (Å²) in [6.07, 6.45) is 0. The summed E-state index contributed by atoms with van der Waals surface area (Å²) in [7, 11) is 0. The molecule has 296 valence electrons. The molecule has 4 heteroatoms. The zero-order valence-electron chi connectivity index (χ0n) is 36.0. The lowest BCUT2D eigenvalue weighted by Crippen LogP contribution is -2.61. The van der Waals surface area contributed by atoms with E-state index in [0.29, 0.717) is 0 Å². The summed E-state index contributed by atoms with van der Waals surface area (Å²) in [4.78, 5) is 5.08. The lowest BCUT2D eigenvalue weighted by Gasteiger charge is -2.45. The molecule has 0 atom stereocenters. The number of thiophene rings is 1. The van der Waals surface area contributed by atoms with Gasteiger partial charge in [-0.2, -0.15) is 0 Å². The summed E-state index contributed by atoms with van der Waals surface area (Å²) in [5, 5.41) is 2.67. The van der Waals surface area contributed by atoms with Crippen molar-refractivity contribution in [2.45, 2.75) is 59.3 Å². The standard InChI is InChI=1S/C57H49BN2S/c1-36-32-50-55-51(33-36)60(43-28-22-39(23-29-43)44-17-13-19-53-54(44)45-16-11-12-18-52(45)61-53)49-31-25-41(57(5,6)7)35-47(49)58(55)46-34-40(56(2,3)4)24-30-48(46)59(50)42-26-20-38(21-27-42)37-14-9-8-10-15-37/h8-35H,1-7H3. The van der Waals surface area contributed by atoms with Gasteiger partial charge in [0, 0.05) is 54.3 Å². The van der Waals surface area contributed by atoms with Crippen molar-refractivity contribution in [3.63, 3.8) is 0 Å².